The van der Waals surface area contributed by atoms with Gasteiger partial charge >= 0.3 is 5.97 Å². The Morgan fingerprint density at radius 3 is 2.58 bits per heavy atom. The number of nitrogens with one attached hydrogen (secondary N) is 1. The molecule has 2 aromatic carbocycles. The number of hydrogen-bond donors (Lipinski definition) is 1. The minimum Gasteiger partial charge on any atom is -0.479 e. The third-order valence-corrected chi connectivity index (χ3v) is 3.44. The molecule has 0 saturated heterocycles. The summed E-state index contributed by atoms with van der Waals surface area (Å²) in [7, 11) is 0. The molecule has 126 valence electrons. The van der Waals surface area contributed by atoms with E-state index >= 15 is 0 Å². The molecule has 0 unspecified atom stereocenters. The average molecular weight is 348 g/mol. The van der Waals surface area contributed by atoms with E-state index in [0.29, 0.717) is 16.5 Å². The lowest BCUT2D eigenvalue weighted by atomic mass is 10.2. The monoisotopic (exact) mass is 347 g/mol. The van der Waals surface area contributed by atoms with Gasteiger partial charge in [-0.05, 0) is 43.7 Å². The summed E-state index contributed by atoms with van der Waals surface area (Å²) in [6, 6.07) is 14.1. The summed E-state index contributed by atoms with van der Waals surface area (Å²) in [5, 5.41) is 3.17. The van der Waals surface area contributed by atoms with Gasteiger partial charge in [-0.1, -0.05) is 35.9 Å². The summed E-state index contributed by atoms with van der Waals surface area (Å²) in [6.07, 6.45) is -0.812. The van der Waals surface area contributed by atoms with Gasteiger partial charge in [0, 0.05) is 10.7 Å². The minimum atomic E-state index is -0.812. The van der Waals surface area contributed by atoms with Crippen LogP contribution < -0.4 is 10.1 Å². The van der Waals surface area contributed by atoms with Crippen molar-refractivity contribution in [2.45, 2.75) is 20.0 Å². The van der Waals surface area contributed by atoms with Crippen molar-refractivity contribution in [2.75, 3.05) is 11.9 Å². The number of para-hydroxylation sites is 1. The molecule has 0 bridgehead atoms. The van der Waals surface area contributed by atoms with Gasteiger partial charge in [0.25, 0.3) is 5.91 Å². The number of benzene rings is 2. The summed E-state index contributed by atoms with van der Waals surface area (Å²) >= 11 is 5.89. The highest BCUT2D eigenvalue weighted by Crippen LogP contribution is 2.20. The number of carbonyl (C=O) groups excluding carboxylic acids is 2. The van der Waals surface area contributed by atoms with Crippen LogP contribution in [0.4, 0.5) is 5.69 Å². The lowest BCUT2D eigenvalue weighted by molar-refractivity contribution is -0.153. The van der Waals surface area contributed by atoms with Crippen LogP contribution in [-0.4, -0.2) is 24.6 Å². The quantitative estimate of drug-likeness (QED) is 0.811. The highest BCUT2D eigenvalue weighted by Gasteiger charge is 2.18. The van der Waals surface area contributed by atoms with Crippen LogP contribution in [0.5, 0.6) is 5.75 Å². The lowest BCUT2D eigenvalue weighted by Crippen LogP contribution is -2.29. The number of ether oxygens (including phenoxy) is 2. The summed E-state index contributed by atoms with van der Waals surface area (Å²) < 4.78 is 10.4. The molecular formula is C18H18ClNO4. The van der Waals surface area contributed by atoms with Crippen LogP contribution in [0.15, 0.2) is 48.5 Å². The predicted octanol–water partition coefficient (Wildman–Crippen LogP) is 3.60. The van der Waals surface area contributed by atoms with E-state index in [9.17, 15) is 9.59 Å². The molecular weight excluding hydrogens is 330 g/mol. The zero-order valence-corrected chi connectivity index (χ0v) is 14.2. The first kappa shape index (κ1) is 17.8. The maximum atomic E-state index is 11.9. The van der Waals surface area contributed by atoms with Crippen LogP contribution in [0.1, 0.15) is 12.5 Å². The standard InChI is InChI=1S/C18H18ClNO4/c1-12-8-9-14(19)10-16(12)20-17(21)11-23-18(22)13(2)24-15-6-4-3-5-7-15/h3-10,13H,11H2,1-2H3,(H,20,21)/t13-/m0/s1. The maximum Gasteiger partial charge on any atom is 0.347 e. The van der Waals surface area contributed by atoms with Gasteiger partial charge in [0.1, 0.15) is 5.75 Å². The van der Waals surface area contributed by atoms with E-state index in [1.54, 1.807) is 49.4 Å². The van der Waals surface area contributed by atoms with Crippen molar-refractivity contribution in [3.63, 3.8) is 0 Å². The summed E-state index contributed by atoms with van der Waals surface area (Å²) in [6.45, 7) is 3.01. The van der Waals surface area contributed by atoms with Crippen molar-refractivity contribution < 1.29 is 19.1 Å². The Balaban J connectivity index is 1.82. The second kappa shape index (κ2) is 8.36. The molecule has 0 aliphatic rings. The summed E-state index contributed by atoms with van der Waals surface area (Å²) in [5.41, 5.74) is 1.44. The first-order valence-corrected chi connectivity index (χ1v) is 7.78. The first-order valence-electron chi connectivity index (χ1n) is 7.40. The number of halogens is 1. The van der Waals surface area contributed by atoms with Gasteiger partial charge < -0.3 is 14.8 Å². The second-order valence-electron chi connectivity index (χ2n) is 5.19. The van der Waals surface area contributed by atoms with E-state index in [1.807, 2.05) is 13.0 Å². The predicted molar refractivity (Wildman–Crippen MR) is 92.3 cm³/mol. The number of esters is 1. The Morgan fingerprint density at radius 2 is 1.88 bits per heavy atom. The first-order chi connectivity index (χ1) is 11.5. The number of amides is 1. The Kier molecular flexibility index (Phi) is 6.21. The van der Waals surface area contributed by atoms with Crippen molar-refractivity contribution in [3.8, 4) is 5.75 Å². The van der Waals surface area contributed by atoms with Gasteiger partial charge in [0.2, 0.25) is 0 Å². The number of rotatable bonds is 6. The molecule has 0 saturated carbocycles. The maximum absolute atomic E-state index is 11.9. The number of anilines is 1. The molecule has 0 aliphatic carbocycles. The molecule has 0 radical (unpaired) electrons. The van der Waals surface area contributed by atoms with Crippen LogP contribution in [0, 0.1) is 6.92 Å². The van der Waals surface area contributed by atoms with Gasteiger partial charge in [-0.25, -0.2) is 4.79 Å². The fraction of sp³-hybridized carbons (Fsp3) is 0.222. The molecule has 1 N–H and O–H groups in total. The molecule has 0 aliphatic heterocycles. The van der Waals surface area contributed by atoms with Gasteiger partial charge in [-0.3, -0.25) is 4.79 Å². The van der Waals surface area contributed by atoms with E-state index in [4.69, 9.17) is 21.1 Å². The molecule has 5 nitrogen and oxygen atoms in total. The third kappa shape index (κ3) is 5.28. The van der Waals surface area contributed by atoms with Crippen LogP contribution in [0.3, 0.4) is 0 Å². The fourth-order valence-electron chi connectivity index (χ4n) is 1.92. The highest BCUT2D eigenvalue weighted by atomic mass is 35.5. The Labute approximate surface area is 145 Å². The van der Waals surface area contributed by atoms with Crippen LogP contribution in [-0.2, 0) is 14.3 Å². The SMILES string of the molecule is Cc1ccc(Cl)cc1NC(=O)COC(=O)[C@H](C)Oc1ccccc1. The van der Waals surface area contributed by atoms with Crippen LogP contribution >= 0.6 is 11.6 Å². The number of aryl methyl sites for hydroxylation is 1. The Bertz CT molecular complexity index is 718. The number of hydrogen-bond acceptors (Lipinski definition) is 4. The molecule has 0 aromatic heterocycles. The van der Waals surface area contributed by atoms with Gasteiger partial charge in [0.05, 0.1) is 0 Å². The van der Waals surface area contributed by atoms with Crippen molar-refractivity contribution in [1.82, 2.24) is 0 Å². The summed E-state index contributed by atoms with van der Waals surface area (Å²) in [5.74, 6) is -0.501. The van der Waals surface area contributed by atoms with E-state index in [0.717, 1.165) is 5.56 Å². The topological polar surface area (TPSA) is 64.6 Å². The number of carbonyl (C=O) groups is 2. The normalized spacial score (nSPS) is 11.5. The van der Waals surface area contributed by atoms with E-state index < -0.39 is 24.6 Å². The Hall–Kier alpha value is -2.53. The lowest BCUT2D eigenvalue weighted by Gasteiger charge is -2.14. The van der Waals surface area contributed by atoms with Gasteiger partial charge in [-0.15, -0.1) is 0 Å². The molecule has 0 spiro atoms. The smallest absolute Gasteiger partial charge is 0.347 e. The molecule has 2 rings (SSSR count). The van der Waals surface area contributed by atoms with Crippen molar-refractivity contribution in [3.05, 3.63) is 59.1 Å². The average Bonchev–Trinajstić information content (AvgIpc) is 2.57. The van der Waals surface area contributed by atoms with Crippen LogP contribution in [0.25, 0.3) is 0 Å². The molecule has 1 atom stereocenters. The Morgan fingerprint density at radius 1 is 1.17 bits per heavy atom. The van der Waals surface area contributed by atoms with Crippen molar-refractivity contribution >= 4 is 29.2 Å². The van der Waals surface area contributed by atoms with Gasteiger partial charge in [-0.2, -0.15) is 0 Å². The molecule has 2 aromatic rings. The van der Waals surface area contributed by atoms with Gasteiger partial charge in [0.15, 0.2) is 12.7 Å². The largest absolute Gasteiger partial charge is 0.479 e. The zero-order valence-electron chi connectivity index (χ0n) is 13.4. The zero-order chi connectivity index (χ0) is 17.5. The van der Waals surface area contributed by atoms with E-state index in [-0.39, 0.29) is 0 Å². The second-order valence-corrected chi connectivity index (χ2v) is 5.62. The van der Waals surface area contributed by atoms with E-state index in [1.165, 1.54) is 0 Å². The van der Waals surface area contributed by atoms with Crippen LogP contribution in [0.2, 0.25) is 5.02 Å². The van der Waals surface area contributed by atoms with Crippen molar-refractivity contribution in [1.29, 1.82) is 0 Å². The summed E-state index contributed by atoms with van der Waals surface area (Å²) in [4.78, 5) is 23.8. The fourth-order valence-corrected chi connectivity index (χ4v) is 2.09. The minimum absolute atomic E-state index is 0.396. The third-order valence-electron chi connectivity index (χ3n) is 3.21. The molecule has 24 heavy (non-hydrogen) atoms. The van der Waals surface area contributed by atoms with Crippen molar-refractivity contribution in [2.24, 2.45) is 0 Å². The highest BCUT2D eigenvalue weighted by molar-refractivity contribution is 6.31. The van der Waals surface area contributed by atoms with E-state index in [2.05, 4.69) is 5.32 Å². The molecule has 6 heteroatoms. The molecule has 0 heterocycles. The molecule has 0 fully saturated rings. The molecule has 1 amide bonds.